The molecule has 21 heavy (non-hydrogen) atoms. The van der Waals surface area contributed by atoms with E-state index in [1.54, 1.807) is 0 Å². The zero-order valence-corrected chi connectivity index (χ0v) is 11.5. The number of amides is 1. The first-order chi connectivity index (χ1) is 9.83. The highest BCUT2D eigenvalue weighted by molar-refractivity contribution is 5.82. The Morgan fingerprint density at radius 2 is 2.05 bits per heavy atom. The molecule has 1 saturated heterocycles. The van der Waals surface area contributed by atoms with Gasteiger partial charge in [-0.2, -0.15) is 0 Å². The van der Waals surface area contributed by atoms with E-state index in [1.165, 1.54) is 24.3 Å². The molecule has 1 aliphatic rings. The van der Waals surface area contributed by atoms with Crippen LogP contribution in [-0.2, 0) is 11.3 Å². The first-order valence-electron chi connectivity index (χ1n) is 6.69. The van der Waals surface area contributed by atoms with Crippen molar-refractivity contribution in [3.63, 3.8) is 0 Å². The lowest BCUT2D eigenvalue weighted by molar-refractivity contribution is -0.274. The fourth-order valence-corrected chi connectivity index (χ4v) is 2.23. The second-order valence-corrected chi connectivity index (χ2v) is 5.21. The summed E-state index contributed by atoms with van der Waals surface area (Å²) in [7, 11) is 0. The molecular weight excluding hydrogens is 285 g/mol. The highest BCUT2D eigenvalue weighted by atomic mass is 19.4. The molecule has 0 bridgehead atoms. The Hall–Kier alpha value is -1.76. The normalized spacial score (nSPS) is 22.1. The van der Waals surface area contributed by atoms with Gasteiger partial charge < -0.3 is 15.4 Å². The van der Waals surface area contributed by atoms with Gasteiger partial charge in [-0.3, -0.25) is 4.79 Å². The summed E-state index contributed by atoms with van der Waals surface area (Å²) in [5.41, 5.74) is 0.712. The predicted octanol–water partition coefficient (Wildman–Crippen LogP) is 2.20. The Morgan fingerprint density at radius 1 is 1.38 bits per heavy atom. The van der Waals surface area contributed by atoms with Crippen molar-refractivity contribution in [2.75, 3.05) is 6.54 Å². The molecule has 1 heterocycles. The van der Waals surface area contributed by atoms with Crippen molar-refractivity contribution in [3.8, 4) is 5.75 Å². The van der Waals surface area contributed by atoms with Crippen LogP contribution in [0.25, 0.3) is 0 Å². The highest BCUT2D eigenvalue weighted by Crippen LogP contribution is 2.22. The van der Waals surface area contributed by atoms with Crippen molar-refractivity contribution in [1.82, 2.24) is 10.6 Å². The van der Waals surface area contributed by atoms with E-state index in [2.05, 4.69) is 22.3 Å². The number of carbonyl (C=O) groups is 1. The molecule has 1 aromatic rings. The van der Waals surface area contributed by atoms with Crippen molar-refractivity contribution in [3.05, 3.63) is 29.8 Å². The zero-order valence-electron chi connectivity index (χ0n) is 11.5. The smallest absolute Gasteiger partial charge is 0.406 e. The van der Waals surface area contributed by atoms with Crippen LogP contribution in [0.2, 0.25) is 0 Å². The van der Waals surface area contributed by atoms with Crippen molar-refractivity contribution >= 4 is 5.91 Å². The third-order valence-corrected chi connectivity index (χ3v) is 3.29. The van der Waals surface area contributed by atoms with Gasteiger partial charge in [0.2, 0.25) is 5.91 Å². The van der Waals surface area contributed by atoms with Gasteiger partial charge in [-0.05, 0) is 36.6 Å². The topological polar surface area (TPSA) is 50.4 Å². The van der Waals surface area contributed by atoms with Crippen molar-refractivity contribution in [2.24, 2.45) is 5.92 Å². The van der Waals surface area contributed by atoms with Gasteiger partial charge in [0.15, 0.2) is 0 Å². The second kappa shape index (κ2) is 6.34. The molecule has 116 valence electrons. The summed E-state index contributed by atoms with van der Waals surface area (Å²) in [5.74, 6) is 0.110. The average molecular weight is 302 g/mol. The molecule has 1 aromatic carbocycles. The Balaban J connectivity index is 1.82. The summed E-state index contributed by atoms with van der Waals surface area (Å²) in [6, 6.07) is 5.25. The Kier molecular flexibility index (Phi) is 4.72. The Labute approximate surface area is 120 Å². The number of carbonyl (C=O) groups excluding carboxylic acids is 1. The molecule has 0 spiro atoms. The van der Waals surface area contributed by atoms with Gasteiger partial charge in [0.25, 0.3) is 0 Å². The summed E-state index contributed by atoms with van der Waals surface area (Å²) >= 11 is 0. The fraction of sp³-hybridized carbons (Fsp3) is 0.500. The number of alkyl halides is 3. The summed E-state index contributed by atoms with van der Waals surface area (Å²) < 4.78 is 39.8. The summed E-state index contributed by atoms with van der Waals surface area (Å²) in [6.07, 6.45) is -3.90. The SMILES string of the molecule is CC1CNC(C(=O)NCc2ccc(OC(F)(F)F)cc2)C1. The average Bonchev–Trinajstić information content (AvgIpc) is 2.82. The highest BCUT2D eigenvalue weighted by Gasteiger charge is 2.31. The minimum atomic E-state index is -4.69. The number of hydrogen-bond acceptors (Lipinski definition) is 3. The molecular formula is C14H17F3N2O2. The number of benzene rings is 1. The standard InChI is InChI=1S/C14H17F3N2O2/c1-9-6-12(18-7-9)13(20)19-8-10-2-4-11(5-3-10)21-14(15,16)17/h2-5,9,12,18H,6-8H2,1H3,(H,19,20). The lowest BCUT2D eigenvalue weighted by atomic mass is 10.1. The van der Waals surface area contributed by atoms with E-state index >= 15 is 0 Å². The third-order valence-electron chi connectivity index (χ3n) is 3.29. The fourth-order valence-electron chi connectivity index (χ4n) is 2.23. The lowest BCUT2D eigenvalue weighted by Gasteiger charge is -2.12. The van der Waals surface area contributed by atoms with Gasteiger partial charge in [0.05, 0.1) is 6.04 Å². The zero-order chi connectivity index (χ0) is 15.5. The second-order valence-electron chi connectivity index (χ2n) is 5.21. The Bertz CT molecular complexity index is 488. The van der Waals surface area contributed by atoms with Crippen LogP contribution in [0.5, 0.6) is 5.75 Å². The van der Waals surface area contributed by atoms with E-state index in [1.807, 2.05) is 0 Å². The summed E-state index contributed by atoms with van der Waals surface area (Å²) in [6.45, 7) is 3.17. The number of ether oxygens (including phenoxy) is 1. The van der Waals surface area contributed by atoms with E-state index in [0.717, 1.165) is 13.0 Å². The summed E-state index contributed by atoms with van der Waals surface area (Å²) in [5, 5.41) is 5.88. The van der Waals surface area contributed by atoms with Crippen LogP contribution >= 0.6 is 0 Å². The van der Waals surface area contributed by atoms with Crippen LogP contribution in [0, 0.1) is 5.92 Å². The molecule has 7 heteroatoms. The van der Waals surface area contributed by atoms with Gasteiger partial charge >= 0.3 is 6.36 Å². The molecule has 4 nitrogen and oxygen atoms in total. The summed E-state index contributed by atoms with van der Waals surface area (Å²) in [4.78, 5) is 11.9. The van der Waals surface area contributed by atoms with Gasteiger partial charge in [0.1, 0.15) is 5.75 Å². The monoisotopic (exact) mass is 302 g/mol. The number of rotatable bonds is 4. The van der Waals surface area contributed by atoms with Gasteiger partial charge in [0, 0.05) is 6.54 Å². The van der Waals surface area contributed by atoms with Crippen LogP contribution in [0.4, 0.5) is 13.2 Å². The lowest BCUT2D eigenvalue weighted by Crippen LogP contribution is -2.39. The van der Waals surface area contributed by atoms with Gasteiger partial charge in [-0.15, -0.1) is 13.2 Å². The van der Waals surface area contributed by atoms with E-state index in [-0.39, 0.29) is 24.2 Å². The van der Waals surface area contributed by atoms with E-state index < -0.39 is 6.36 Å². The molecule has 0 aliphatic carbocycles. The van der Waals surface area contributed by atoms with Crippen LogP contribution in [-0.4, -0.2) is 24.9 Å². The maximum absolute atomic E-state index is 12.0. The first kappa shape index (κ1) is 15.6. The largest absolute Gasteiger partial charge is 0.573 e. The molecule has 2 unspecified atom stereocenters. The maximum Gasteiger partial charge on any atom is 0.573 e. The Morgan fingerprint density at radius 3 is 2.57 bits per heavy atom. The molecule has 1 fully saturated rings. The van der Waals surface area contributed by atoms with E-state index in [4.69, 9.17) is 0 Å². The molecule has 0 saturated carbocycles. The third kappa shape index (κ3) is 4.93. The number of hydrogen-bond donors (Lipinski definition) is 2. The minimum Gasteiger partial charge on any atom is -0.406 e. The van der Waals surface area contributed by atoms with Gasteiger partial charge in [-0.1, -0.05) is 19.1 Å². The minimum absolute atomic E-state index is 0.0880. The number of halogens is 3. The van der Waals surface area contributed by atoms with Crippen LogP contribution in [0.1, 0.15) is 18.9 Å². The molecule has 2 N–H and O–H groups in total. The van der Waals surface area contributed by atoms with Crippen LogP contribution in [0.3, 0.4) is 0 Å². The molecule has 2 rings (SSSR count). The van der Waals surface area contributed by atoms with Crippen molar-refractivity contribution < 1.29 is 22.7 Å². The molecule has 1 amide bonds. The van der Waals surface area contributed by atoms with Crippen LogP contribution in [0.15, 0.2) is 24.3 Å². The number of nitrogens with one attached hydrogen (secondary N) is 2. The van der Waals surface area contributed by atoms with Gasteiger partial charge in [-0.25, -0.2) is 0 Å². The molecule has 0 radical (unpaired) electrons. The predicted molar refractivity (Wildman–Crippen MR) is 70.5 cm³/mol. The van der Waals surface area contributed by atoms with E-state index in [0.29, 0.717) is 11.5 Å². The van der Waals surface area contributed by atoms with Crippen molar-refractivity contribution in [2.45, 2.75) is 32.3 Å². The maximum atomic E-state index is 12.0. The molecule has 0 aromatic heterocycles. The van der Waals surface area contributed by atoms with E-state index in [9.17, 15) is 18.0 Å². The first-order valence-corrected chi connectivity index (χ1v) is 6.69. The molecule has 2 atom stereocenters. The quantitative estimate of drug-likeness (QED) is 0.896. The molecule has 1 aliphatic heterocycles. The van der Waals surface area contributed by atoms with Crippen molar-refractivity contribution in [1.29, 1.82) is 0 Å². The van der Waals surface area contributed by atoms with Crippen LogP contribution < -0.4 is 15.4 Å².